The molecule has 3 rings (SSSR count). The molecule has 0 spiro atoms. The lowest BCUT2D eigenvalue weighted by Gasteiger charge is -2.21. The van der Waals surface area contributed by atoms with Gasteiger partial charge in [-0.15, -0.1) is 0 Å². The van der Waals surface area contributed by atoms with Crippen molar-refractivity contribution in [2.24, 2.45) is 0 Å². The van der Waals surface area contributed by atoms with Gasteiger partial charge in [0.25, 0.3) is 0 Å². The molecule has 1 heterocycles. The fourth-order valence-corrected chi connectivity index (χ4v) is 2.75. The van der Waals surface area contributed by atoms with E-state index in [9.17, 15) is 4.79 Å². The van der Waals surface area contributed by atoms with Crippen molar-refractivity contribution in [1.82, 2.24) is 4.90 Å². The molecule has 0 unspecified atom stereocenters. The summed E-state index contributed by atoms with van der Waals surface area (Å²) in [6.45, 7) is 4.87. The molecule has 0 aliphatic carbocycles. The maximum Gasteiger partial charge on any atom is 0.337 e. The van der Waals surface area contributed by atoms with Gasteiger partial charge in [0.15, 0.2) is 11.5 Å². The Morgan fingerprint density at radius 1 is 1.08 bits per heavy atom. The second kappa shape index (κ2) is 7.36. The highest BCUT2D eigenvalue weighted by molar-refractivity contribution is 5.89. The topological polar surface area (TPSA) is 48.0 Å². The van der Waals surface area contributed by atoms with Crippen LogP contribution in [0.4, 0.5) is 0 Å². The summed E-state index contributed by atoms with van der Waals surface area (Å²) >= 11 is 0. The van der Waals surface area contributed by atoms with Gasteiger partial charge in [-0.3, -0.25) is 4.90 Å². The zero-order valence-corrected chi connectivity index (χ0v) is 14.0. The number of hydrogen-bond donors (Lipinski definition) is 0. The van der Waals surface area contributed by atoms with Gasteiger partial charge in [0.1, 0.15) is 0 Å². The number of nitrogens with zero attached hydrogens (tertiary/aromatic N) is 1. The second-order valence-corrected chi connectivity index (χ2v) is 5.68. The van der Waals surface area contributed by atoms with Gasteiger partial charge in [0.2, 0.25) is 6.79 Å². The van der Waals surface area contributed by atoms with Gasteiger partial charge in [0, 0.05) is 13.1 Å². The fourth-order valence-electron chi connectivity index (χ4n) is 2.75. The number of carbonyl (C=O) groups is 1. The molecule has 0 amide bonds. The summed E-state index contributed by atoms with van der Waals surface area (Å²) in [5.41, 5.74) is 2.83. The average Bonchev–Trinajstić information content (AvgIpc) is 3.08. The van der Waals surface area contributed by atoms with Gasteiger partial charge >= 0.3 is 5.97 Å². The summed E-state index contributed by atoms with van der Waals surface area (Å²) in [6, 6.07) is 13.6. The van der Waals surface area contributed by atoms with Gasteiger partial charge in [-0.1, -0.05) is 25.1 Å². The Morgan fingerprint density at radius 3 is 2.58 bits per heavy atom. The number of hydrogen-bond acceptors (Lipinski definition) is 5. The highest BCUT2D eigenvalue weighted by Gasteiger charge is 2.15. The van der Waals surface area contributed by atoms with Crippen molar-refractivity contribution in [2.75, 3.05) is 20.4 Å². The number of esters is 1. The number of rotatable bonds is 6. The van der Waals surface area contributed by atoms with E-state index in [0.29, 0.717) is 5.56 Å². The van der Waals surface area contributed by atoms with Gasteiger partial charge in [-0.05, 0) is 41.9 Å². The van der Waals surface area contributed by atoms with Crippen LogP contribution in [0, 0.1) is 0 Å². The van der Waals surface area contributed by atoms with Crippen LogP contribution in [0.2, 0.25) is 0 Å². The van der Waals surface area contributed by atoms with Crippen LogP contribution in [-0.2, 0) is 17.8 Å². The molecule has 0 bridgehead atoms. The Balaban J connectivity index is 1.70. The molecule has 1 aliphatic heterocycles. The van der Waals surface area contributed by atoms with E-state index in [1.807, 2.05) is 30.3 Å². The van der Waals surface area contributed by atoms with E-state index in [4.69, 9.17) is 14.2 Å². The van der Waals surface area contributed by atoms with Crippen molar-refractivity contribution in [3.8, 4) is 11.5 Å². The predicted octanol–water partition coefficient (Wildman–Crippen LogP) is 3.22. The third-order valence-corrected chi connectivity index (χ3v) is 4.04. The third-order valence-electron chi connectivity index (χ3n) is 4.04. The lowest BCUT2D eigenvalue weighted by molar-refractivity contribution is 0.0600. The highest BCUT2D eigenvalue weighted by atomic mass is 16.7. The zero-order chi connectivity index (χ0) is 16.9. The van der Waals surface area contributed by atoms with Gasteiger partial charge in [0.05, 0.1) is 12.7 Å². The van der Waals surface area contributed by atoms with Gasteiger partial charge in [-0.25, -0.2) is 4.79 Å². The molecule has 126 valence electrons. The van der Waals surface area contributed by atoms with Crippen LogP contribution in [0.15, 0.2) is 42.5 Å². The number of ether oxygens (including phenoxy) is 3. The monoisotopic (exact) mass is 327 g/mol. The Labute approximate surface area is 141 Å². The molecule has 0 N–H and O–H groups in total. The molecule has 24 heavy (non-hydrogen) atoms. The molecular formula is C19H21NO4. The summed E-state index contributed by atoms with van der Waals surface area (Å²) in [4.78, 5) is 14.0. The van der Waals surface area contributed by atoms with Crippen LogP contribution in [0.5, 0.6) is 11.5 Å². The Morgan fingerprint density at radius 2 is 1.83 bits per heavy atom. The molecule has 0 aromatic heterocycles. The van der Waals surface area contributed by atoms with Crippen molar-refractivity contribution in [3.63, 3.8) is 0 Å². The summed E-state index contributed by atoms with van der Waals surface area (Å²) in [7, 11) is 1.40. The minimum Gasteiger partial charge on any atom is -0.465 e. The van der Waals surface area contributed by atoms with Crippen molar-refractivity contribution < 1.29 is 19.0 Å². The number of methoxy groups -OCH3 is 1. The first-order valence-electron chi connectivity index (χ1n) is 7.97. The van der Waals surface area contributed by atoms with E-state index in [-0.39, 0.29) is 12.8 Å². The number of fused-ring (bicyclic) bond motifs is 1. The van der Waals surface area contributed by atoms with Crippen LogP contribution >= 0.6 is 0 Å². The summed E-state index contributed by atoms with van der Waals surface area (Å²) in [6.07, 6.45) is 0. The maximum atomic E-state index is 11.7. The maximum absolute atomic E-state index is 11.7. The Bertz CT molecular complexity index is 729. The first-order chi connectivity index (χ1) is 11.7. The molecule has 5 heteroatoms. The van der Waals surface area contributed by atoms with Crippen molar-refractivity contribution in [1.29, 1.82) is 0 Å². The minimum atomic E-state index is -0.310. The number of benzene rings is 2. The van der Waals surface area contributed by atoms with Crippen LogP contribution in [0.25, 0.3) is 0 Å². The first-order valence-corrected chi connectivity index (χ1v) is 7.97. The standard InChI is InChI=1S/C19H21NO4/c1-3-20(11-14-5-4-6-16(9-14)19(21)22-2)12-15-7-8-17-18(10-15)24-13-23-17/h4-10H,3,11-13H2,1-2H3. The van der Waals surface area contributed by atoms with E-state index in [2.05, 4.69) is 17.9 Å². The SMILES string of the molecule is CCN(Cc1cccc(C(=O)OC)c1)Cc1ccc2c(c1)OCO2. The molecule has 0 radical (unpaired) electrons. The quantitative estimate of drug-likeness (QED) is 0.763. The largest absolute Gasteiger partial charge is 0.465 e. The molecular weight excluding hydrogens is 306 g/mol. The van der Waals surface area contributed by atoms with E-state index in [1.54, 1.807) is 6.07 Å². The lowest BCUT2D eigenvalue weighted by Crippen LogP contribution is -2.22. The normalized spacial score (nSPS) is 12.5. The third kappa shape index (κ3) is 3.68. The molecule has 5 nitrogen and oxygen atoms in total. The molecule has 2 aromatic carbocycles. The second-order valence-electron chi connectivity index (χ2n) is 5.68. The van der Waals surface area contributed by atoms with Crippen LogP contribution in [0.1, 0.15) is 28.4 Å². The van der Waals surface area contributed by atoms with Crippen LogP contribution in [-0.4, -0.2) is 31.3 Å². The van der Waals surface area contributed by atoms with Crippen molar-refractivity contribution in [3.05, 3.63) is 59.2 Å². The predicted molar refractivity (Wildman–Crippen MR) is 90.1 cm³/mol. The van der Waals surface area contributed by atoms with Crippen molar-refractivity contribution >= 4 is 5.97 Å². The molecule has 0 atom stereocenters. The molecule has 2 aromatic rings. The average molecular weight is 327 g/mol. The van der Waals surface area contributed by atoms with E-state index in [1.165, 1.54) is 12.7 Å². The van der Waals surface area contributed by atoms with E-state index in [0.717, 1.165) is 36.7 Å². The summed E-state index contributed by atoms with van der Waals surface area (Å²) in [5, 5.41) is 0. The minimum absolute atomic E-state index is 0.288. The highest BCUT2D eigenvalue weighted by Crippen LogP contribution is 2.32. The number of carbonyl (C=O) groups excluding carboxylic acids is 1. The van der Waals surface area contributed by atoms with Crippen LogP contribution in [0.3, 0.4) is 0 Å². The fraction of sp³-hybridized carbons (Fsp3) is 0.316. The summed E-state index contributed by atoms with van der Waals surface area (Å²) in [5.74, 6) is 1.29. The lowest BCUT2D eigenvalue weighted by atomic mass is 10.1. The Hall–Kier alpha value is -2.53. The van der Waals surface area contributed by atoms with E-state index < -0.39 is 0 Å². The Kier molecular flexibility index (Phi) is 5.01. The molecule has 1 aliphatic rings. The molecule has 0 saturated heterocycles. The molecule has 0 saturated carbocycles. The van der Waals surface area contributed by atoms with Gasteiger partial charge < -0.3 is 14.2 Å². The summed E-state index contributed by atoms with van der Waals surface area (Å²) < 4.78 is 15.6. The molecule has 0 fully saturated rings. The zero-order valence-electron chi connectivity index (χ0n) is 14.0. The van der Waals surface area contributed by atoms with Crippen molar-refractivity contribution in [2.45, 2.75) is 20.0 Å². The van der Waals surface area contributed by atoms with Crippen LogP contribution < -0.4 is 9.47 Å². The first kappa shape index (κ1) is 16.3. The smallest absolute Gasteiger partial charge is 0.337 e. The van der Waals surface area contributed by atoms with Gasteiger partial charge in [-0.2, -0.15) is 0 Å². The van der Waals surface area contributed by atoms with E-state index >= 15 is 0 Å².